The van der Waals surface area contributed by atoms with Gasteiger partial charge in [0.25, 0.3) is 0 Å². The SMILES string of the molecule is CCN1CCN(CCCC2CCCNC2)CC1. The van der Waals surface area contributed by atoms with E-state index < -0.39 is 0 Å². The van der Waals surface area contributed by atoms with Crippen molar-refractivity contribution in [2.24, 2.45) is 5.92 Å². The quantitative estimate of drug-likeness (QED) is 0.782. The van der Waals surface area contributed by atoms with Gasteiger partial charge in [-0.2, -0.15) is 0 Å². The Kier molecular flexibility index (Phi) is 5.75. The minimum absolute atomic E-state index is 0.959. The van der Waals surface area contributed by atoms with Gasteiger partial charge in [-0.1, -0.05) is 6.92 Å². The van der Waals surface area contributed by atoms with Gasteiger partial charge < -0.3 is 15.1 Å². The van der Waals surface area contributed by atoms with Crippen LogP contribution in [0.25, 0.3) is 0 Å². The van der Waals surface area contributed by atoms with Crippen molar-refractivity contribution in [2.45, 2.75) is 32.6 Å². The van der Waals surface area contributed by atoms with Crippen LogP contribution in [0.1, 0.15) is 32.6 Å². The monoisotopic (exact) mass is 239 g/mol. The number of hydrogen-bond acceptors (Lipinski definition) is 3. The van der Waals surface area contributed by atoms with Crippen molar-refractivity contribution in [1.82, 2.24) is 15.1 Å². The lowest BCUT2D eigenvalue weighted by Crippen LogP contribution is -2.46. The molecule has 0 aromatic rings. The fourth-order valence-corrected chi connectivity index (χ4v) is 3.10. The Morgan fingerprint density at radius 3 is 2.53 bits per heavy atom. The number of nitrogens with zero attached hydrogens (tertiary/aromatic N) is 2. The molecule has 0 bridgehead atoms. The van der Waals surface area contributed by atoms with Gasteiger partial charge in [0.1, 0.15) is 0 Å². The van der Waals surface area contributed by atoms with Crippen LogP contribution in [-0.2, 0) is 0 Å². The molecule has 0 radical (unpaired) electrons. The fourth-order valence-electron chi connectivity index (χ4n) is 3.10. The summed E-state index contributed by atoms with van der Waals surface area (Å²) >= 11 is 0. The summed E-state index contributed by atoms with van der Waals surface area (Å²) in [6, 6.07) is 0. The normalized spacial score (nSPS) is 28.4. The molecule has 2 heterocycles. The molecule has 100 valence electrons. The molecule has 2 fully saturated rings. The number of nitrogens with one attached hydrogen (secondary N) is 1. The zero-order chi connectivity index (χ0) is 11.9. The van der Waals surface area contributed by atoms with Crippen molar-refractivity contribution in [3.63, 3.8) is 0 Å². The van der Waals surface area contributed by atoms with Crippen LogP contribution < -0.4 is 5.32 Å². The summed E-state index contributed by atoms with van der Waals surface area (Å²) in [7, 11) is 0. The maximum atomic E-state index is 3.52. The summed E-state index contributed by atoms with van der Waals surface area (Å²) in [4.78, 5) is 5.21. The first-order valence-corrected chi connectivity index (χ1v) is 7.54. The van der Waals surface area contributed by atoms with E-state index in [9.17, 15) is 0 Å². The van der Waals surface area contributed by atoms with Gasteiger partial charge in [0, 0.05) is 26.2 Å². The van der Waals surface area contributed by atoms with Crippen LogP contribution in [0.15, 0.2) is 0 Å². The Morgan fingerprint density at radius 2 is 1.88 bits per heavy atom. The first kappa shape index (κ1) is 13.3. The molecule has 0 saturated carbocycles. The first-order valence-electron chi connectivity index (χ1n) is 7.54. The average Bonchev–Trinajstić information content (AvgIpc) is 2.41. The van der Waals surface area contributed by atoms with E-state index in [1.54, 1.807) is 0 Å². The number of piperazine rings is 1. The molecule has 2 aliphatic rings. The highest BCUT2D eigenvalue weighted by atomic mass is 15.3. The van der Waals surface area contributed by atoms with Crippen molar-refractivity contribution in [3.8, 4) is 0 Å². The molecular formula is C14H29N3. The van der Waals surface area contributed by atoms with E-state index in [0.717, 1.165) is 5.92 Å². The maximum absolute atomic E-state index is 3.52. The summed E-state index contributed by atoms with van der Waals surface area (Å²) in [6.07, 6.45) is 5.68. The predicted molar refractivity (Wildman–Crippen MR) is 73.4 cm³/mol. The average molecular weight is 239 g/mol. The standard InChI is InChI=1S/C14H29N3/c1-2-16-9-11-17(12-10-16)8-4-6-14-5-3-7-15-13-14/h14-15H,2-13H2,1H3. The van der Waals surface area contributed by atoms with Crippen LogP contribution in [0, 0.1) is 5.92 Å². The zero-order valence-corrected chi connectivity index (χ0v) is 11.5. The van der Waals surface area contributed by atoms with Gasteiger partial charge in [-0.3, -0.25) is 0 Å². The van der Waals surface area contributed by atoms with E-state index in [1.165, 1.54) is 78.0 Å². The molecule has 1 atom stereocenters. The lowest BCUT2D eigenvalue weighted by Gasteiger charge is -2.34. The third kappa shape index (κ3) is 4.57. The number of piperidine rings is 1. The molecule has 2 saturated heterocycles. The van der Waals surface area contributed by atoms with Crippen LogP contribution in [0.4, 0.5) is 0 Å². The summed E-state index contributed by atoms with van der Waals surface area (Å²) in [5, 5.41) is 3.52. The predicted octanol–water partition coefficient (Wildman–Crippen LogP) is 1.40. The Morgan fingerprint density at radius 1 is 1.12 bits per heavy atom. The highest BCUT2D eigenvalue weighted by molar-refractivity contribution is 4.73. The van der Waals surface area contributed by atoms with Crippen molar-refractivity contribution >= 4 is 0 Å². The Bertz CT molecular complexity index is 194. The van der Waals surface area contributed by atoms with Crippen molar-refractivity contribution in [2.75, 3.05) is 52.4 Å². The largest absolute Gasteiger partial charge is 0.316 e. The smallest absolute Gasteiger partial charge is 0.0110 e. The van der Waals surface area contributed by atoms with Crippen LogP contribution >= 0.6 is 0 Å². The number of hydrogen-bond donors (Lipinski definition) is 1. The molecule has 0 amide bonds. The maximum Gasteiger partial charge on any atom is 0.0110 e. The van der Waals surface area contributed by atoms with E-state index in [2.05, 4.69) is 22.0 Å². The molecule has 0 aromatic carbocycles. The topological polar surface area (TPSA) is 18.5 Å². The summed E-state index contributed by atoms with van der Waals surface area (Å²) in [5.41, 5.74) is 0. The van der Waals surface area contributed by atoms with Gasteiger partial charge in [-0.05, 0) is 57.8 Å². The summed E-state index contributed by atoms with van der Waals surface area (Å²) in [5.74, 6) is 0.959. The molecule has 1 unspecified atom stereocenters. The van der Waals surface area contributed by atoms with Crippen LogP contribution in [0.2, 0.25) is 0 Å². The zero-order valence-electron chi connectivity index (χ0n) is 11.5. The molecule has 2 rings (SSSR count). The molecule has 0 aromatic heterocycles. The molecule has 3 nitrogen and oxygen atoms in total. The molecule has 2 aliphatic heterocycles. The minimum atomic E-state index is 0.959. The molecule has 1 N–H and O–H groups in total. The minimum Gasteiger partial charge on any atom is -0.316 e. The summed E-state index contributed by atoms with van der Waals surface area (Å²) in [6.45, 7) is 12.5. The van der Waals surface area contributed by atoms with E-state index >= 15 is 0 Å². The second-order valence-corrected chi connectivity index (χ2v) is 5.63. The highest BCUT2D eigenvalue weighted by Crippen LogP contribution is 2.16. The second kappa shape index (κ2) is 7.34. The van der Waals surface area contributed by atoms with Crippen molar-refractivity contribution < 1.29 is 0 Å². The Balaban J connectivity index is 1.53. The molecule has 17 heavy (non-hydrogen) atoms. The van der Waals surface area contributed by atoms with Crippen molar-refractivity contribution in [1.29, 1.82) is 0 Å². The molecule has 3 heteroatoms. The van der Waals surface area contributed by atoms with E-state index in [-0.39, 0.29) is 0 Å². The van der Waals surface area contributed by atoms with Gasteiger partial charge in [0.2, 0.25) is 0 Å². The van der Waals surface area contributed by atoms with E-state index in [0.29, 0.717) is 0 Å². The van der Waals surface area contributed by atoms with Crippen LogP contribution in [-0.4, -0.2) is 62.2 Å². The van der Waals surface area contributed by atoms with Gasteiger partial charge in [-0.25, -0.2) is 0 Å². The number of likely N-dealkylation sites (N-methyl/N-ethyl adjacent to an activating group) is 1. The summed E-state index contributed by atoms with van der Waals surface area (Å²) < 4.78 is 0. The van der Waals surface area contributed by atoms with Gasteiger partial charge in [-0.15, -0.1) is 0 Å². The van der Waals surface area contributed by atoms with Crippen LogP contribution in [0.3, 0.4) is 0 Å². The van der Waals surface area contributed by atoms with E-state index in [4.69, 9.17) is 0 Å². The molecule has 0 spiro atoms. The van der Waals surface area contributed by atoms with E-state index in [1.807, 2.05) is 0 Å². The lowest BCUT2D eigenvalue weighted by molar-refractivity contribution is 0.133. The third-order valence-corrected chi connectivity index (χ3v) is 4.40. The lowest BCUT2D eigenvalue weighted by atomic mass is 9.94. The molecular weight excluding hydrogens is 210 g/mol. The first-order chi connectivity index (χ1) is 8.38. The Hall–Kier alpha value is -0.120. The highest BCUT2D eigenvalue weighted by Gasteiger charge is 2.16. The van der Waals surface area contributed by atoms with Crippen LogP contribution in [0.5, 0.6) is 0 Å². The van der Waals surface area contributed by atoms with Crippen molar-refractivity contribution in [3.05, 3.63) is 0 Å². The van der Waals surface area contributed by atoms with Gasteiger partial charge >= 0.3 is 0 Å². The van der Waals surface area contributed by atoms with Gasteiger partial charge in [0.15, 0.2) is 0 Å². The Labute approximate surface area is 107 Å². The number of rotatable bonds is 5. The molecule has 0 aliphatic carbocycles. The second-order valence-electron chi connectivity index (χ2n) is 5.63. The fraction of sp³-hybridized carbons (Fsp3) is 1.00. The van der Waals surface area contributed by atoms with Gasteiger partial charge in [0.05, 0.1) is 0 Å². The third-order valence-electron chi connectivity index (χ3n) is 4.40.